The van der Waals surface area contributed by atoms with Crippen molar-refractivity contribution in [3.63, 3.8) is 0 Å². The summed E-state index contributed by atoms with van der Waals surface area (Å²) in [4.78, 5) is 41.6. The monoisotopic (exact) mass is 377 g/mol. The Morgan fingerprint density at radius 1 is 1.11 bits per heavy atom. The van der Waals surface area contributed by atoms with Crippen LogP contribution in [0, 0.1) is 11.7 Å². The second-order valence-electron chi connectivity index (χ2n) is 6.74. The summed E-state index contributed by atoms with van der Waals surface area (Å²) in [6, 6.07) is 5.47. The summed E-state index contributed by atoms with van der Waals surface area (Å²) in [6.45, 7) is 4.04. The van der Waals surface area contributed by atoms with Crippen LogP contribution >= 0.6 is 0 Å². The van der Waals surface area contributed by atoms with E-state index in [1.165, 1.54) is 17.0 Å². The molecule has 2 aliphatic rings. The molecule has 3 rings (SSSR count). The number of ether oxygens (including phenoxy) is 1. The highest BCUT2D eigenvalue weighted by atomic mass is 19.1. The molecule has 1 aromatic rings. The number of likely N-dealkylation sites (tertiary alicyclic amines) is 1. The van der Waals surface area contributed by atoms with E-state index >= 15 is 0 Å². The number of nitrogens with zero attached hydrogens (tertiary/aromatic N) is 3. The second kappa shape index (κ2) is 8.37. The fraction of sp³-hybridized carbons (Fsp3) is 0.526. The summed E-state index contributed by atoms with van der Waals surface area (Å²) in [5.41, 5.74) is 0.617. The Morgan fingerprint density at radius 2 is 1.78 bits per heavy atom. The molecule has 0 unspecified atom stereocenters. The van der Waals surface area contributed by atoms with Gasteiger partial charge in [0.1, 0.15) is 12.4 Å². The van der Waals surface area contributed by atoms with Crippen molar-refractivity contribution in [1.29, 1.82) is 0 Å². The number of halogens is 1. The number of hydrogen-bond acceptors (Lipinski definition) is 4. The van der Waals surface area contributed by atoms with Gasteiger partial charge in [0, 0.05) is 31.9 Å². The SMILES string of the molecule is CCOC(=O)C1CCN(C(=O)CN2CCN(c3ccc(F)cc3)C2=O)CC1. The smallest absolute Gasteiger partial charge is 0.325 e. The molecule has 3 amide bonds. The maximum Gasteiger partial charge on any atom is 0.325 e. The molecule has 7 nitrogen and oxygen atoms in total. The van der Waals surface area contributed by atoms with Gasteiger partial charge in [0.2, 0.25) is 5.91 Å². The number of urea groups is 1. The number of amides is 3. The Kier molecular flexibility index (Phi) is 5.93. The Morgan fingerprint density at radius 3 is 2.41 bits per heavy atom. The van der Waals surface area contributed by atoms with Gasteiger partial charge in [-0.25, -0.2) is 9.18 Å². The molecule has 0 spiro atoms. The van der Waals surface area contributed by atoms with Crippen LogP contribution in [0.4, 0.5) is 14.9 Å². The molecule has 0 radical (unpaired) electrons. The quantitative estimate of drug-likeness (QED) is 0.735. The van der Waals surface area contributed by atoms with Crippen LogP contribution in [0.15, 0.2) is 24.3 Å². The number of hydrogen-bond donors (Lipinski definition) is 0. The lowest BCUT2D eigenvalue weighted by molar-refractivity contribution is -0.151. The fourth-order valence-electron chi connectivity index (χ4n) is 3.48. The van der Waals surface area contributed by atoms with E-state index < -0.39 is 0 Å². The van der Waals surface area contributed by atoms with Crippen LogP contribution < -0.4 is 4.90 Å². The van der Waals surface area contributed by atoms with Crippen LogP contribution in [-0.2, 0) is 14.3 Å². The predicted octanol–water partition coefficient (Wildman–Crippen LogP) is 1.87. The fourth-order valence-corrected chi connectivity index (χ4v) is 3.48. The molecule has 0 N–H and O–H groups in total. The number of anilines is 1. The van der Waals surface area contributed by atoms with E-state index in [1.54, 1.807) is 28.9 Å². The van der Waals surface area contributed by atoms with E-state index in [4.69, 9.17) is 4.74 Å². The molecule has 0 saturated carbocycles. The van der Waals surface area contributed by atoms with Crippen molar-refractivity contribution < 1.29 is 23.5 Å². The van der Waals surface area contributed by atoms with E-state index in [1.807, 2.05) is 0 Å². The van der Waals surface area contributed by atoms with E-state index in [0.29, 0.717) is 51.3 Å². The van der Waals surface area contributed by atoms with Crippen molar-refractivity contribution in [3.05, 3.63) is 30.1 Å². The van der Waals surface area contributed by atoms with Crippen LogP contribution in [0.2, 0.25) is 0 Å². The van der Waals surface area contributed by atoms with Gasteiger partial charge in [-0.15, -0.1) is 0 Å². The first kappa shape index (κ1) is 19.1. The highest BCUT2D eigenvalue weighted by Gasteiger charge is 2.33. The van der Waals surface area contributed by atoms with E-state index in [0.717, 1.165) is 0 Å². The molecule has 0 bridgehead atoms. The molecule has 1 aromatic carbocycles. The third-order valence-electron chi connectivity index (χ3n) is 5.03. The molecule has 2 heterocycles. The van der Waals surface area contributed by atoms with Crippen molar-refractivity contribution in [3.8, 4) is 0 Å². The largest absolute Gasteiger partial charge is 0.466 e. The van der Waals surface area contributed by atoms with Crippen LogP contribution in [0.3, 0.4) is 0 Å². The van der Waals surface area contributed by atoms with E-state index in [9.17, 15) is 18.8 Å². The average molecular weight is 377 g/mol. The Bertz CT molecular complexity index is 701. The second-order valence-corrected chi connectivity index (χ2v) is 6.74. The molecule has 2 fully saturated rings. The lowest BCUT2D eigenvalue weighted by Crippen LogP contribution is -2.46. The first-order valence-corrected chi connectivity index (χ1v) is 9.26. The summed E-state index contributed by atoms with van der Waals surface area (Å²) in [7, 11) is 0. The Hall–Kier alpha value is -2.64. The zero-order chi connectivity index (χ0) is 19.4. The molecule has 0 aliphatic carbocycles. The Balaban J connectivity index is 1.51. The van der Waals surface area contributed by atoms with Crippen LogP contribution in [0.25, 0.3) is 0 Å². The maximum absolute atomic E-state index is 13.1. The number of piperidine rings is 1. The first-order chi connectivity index (χ1) is 13.0. The van der Waals surface area contributed by atoms with Gasteiger partial charge in [-0.2, -0.15) is 0 Å². The normalized spacial score (nSPS) is 18.1. The van der Waals surface area contributed by atoms with Crippen LogP contribution in [0.1, 0.15) is 19.8 Å². The Labute approximate surface area is 157 Å². The van der Waals surface area contributed by atoms with Crippen molar-refractivity contribution in [1.82, 2.24) is 9.80 Å². The summed E-state index contributed by atoms with van der Waals surface area (Å²) in [5, 5.41) is 0. The minimum Gasteiger partial charge on any atom is -0.466 e. The van der Waals surface area contributed by atoms with Gasteiger partial charge in [-0.05, 0) is 44.0 Å². The number of carbonyl (C=O) groups is 3. The van der Waals surface area contributed by atoms with Gasteiger partial charge in [0.15, 0.2) is 0 Å². The summed E-state index contributed by atoms with van der Waals surface area (Å²) in [6.07, 6.45) is 1.17. The topological polar surface area (TPSA) is 70.2 Å². The third-order valence-corrected chi connectivity index (χ3v) is 5.03. The molecule has 27 heavy (non-hydrogen) atoms. The molecule has 0 atom stereocenters. The first-order valence-electron chi connectivity index (χ1n) is 9.26. The van der Waals surface area contributed by atoms with Gasteiger partial charge in [-0.3, -0.25) is 14.5 Å². The molecule has 0 aromatic heterocycles. The lowest BCUT2D eigenvalue weighted by atomic mass is 9.97. The van der Waals surface area contributed by atoms with Gasteiger partial charge >= 0.3 is 12.0 Å². The molecule has 146 valence electrons. The molecule has 8 heteroatoms. The summed E-state index contributed by atoms with van der Waals surface area (Å²) in [5.74, 6) is -0.832. The predicted molar refractivity (Wildman–Crippen MR) is 96.7 cm³/mol. The third kappa shape index (κ3) is 4.37. The number of carbonyl (C=O) groups excluding carboxylic acids is 3. The van der Waals surface area contributed by atoms with Crippen molar-refractivity contribution in [2.45, 2.75) is 19.8 Å². The zero-order valence-corrected chi connectivity index (χ0v) is 15.4. The van der Waals surface area contributed by atoms with E-state index in [-0.39, 0.29) is 36.2 Å². The van der Waals surface area contributed by atoms with Crippen molar-refractivity contribution in [2.24, 2.45) is 5.92 Å². The van der Waals surface area contributed by atoms with Crippen molar-refractivity contribution >= 4 is 23.6 Å². The number of rotatable bonds is 5. The van der Waals surface area contributed by atoms with E-state index in [2.05, 4.69) is 0 Å². The average Bonchev–Trinajstić information content (AvgIpc) is 3.03. The van der Waals surface area contributed by atoms with Crippen molar-refractivity contribution in [2.75, 3.05) is 44.2 Å². The van der Waals surface area contributed by atoms with Gasteiger partial charge in [-0.1, -0.05) is 0 Å². The number of benzene rings is 1. The molecule has 2 saturated heterocycles. The van der Waals surface area contributed by atoms with Gasteiger partial charge < -0.3 is 14.5 Å². The van der Waals surface area contributed by atoms with Gasteiger partial charge in [0.05, 0.1) is 12.5 Å². The summed E-state index contributed by atoms with van der Waals surface area (Å²) < 4.78 is 18.1. The van der Waals surface area contributed by atoms with Crippen LogP contribution in [-0.4, -0.2) is 67.0 Å². The van der Waals surface area contributed by atoms with Gasteiger partial charge in [0.25, 0.3) is 0 Å². The molecular formula is C19H24FN3O4. The number of esters is 1. The minimum absolute atomic E-state index is 0.0145. The molecular weight excluding hydrogens is 353 g/mol. The lowest BCUT2D eigenvalue weighted by Gasteiger charge is -2.32. The zero-order valence-electron chi connectivity index (χ0n) is 15.4. The maximum atomic E-state index is 13.1. The highest BCUT2D eigenvalue weighted by Crippen LogP contribution is 2.22. The summed E-state index contributed by atoms with van der Waals surface area (Å²) >= 11 is 0. The molecule has 2 aliphatic heterocycles. The standard InChI is InChI=1S/C19H24FN3O4/c1-2-27-18(25)14-7-9-21(10-8-14)17(24)13-22-11-12-23(19(22)26)16-5-3-15(20)4-6-16/h3-6,14H,2,7-13H2,1H3. The van der Waals surface area contributed by atoms with Crippen LogP contribution in [0.5, 0.6) is 0 Å². The highest BCUT2D eigenvalue weighted by molar-refractivity contribution is 5.96. The minimum atomic E-state index is -0.358.